The van der Waals surface area contributed by atoms with E-state index >= 15 is 0 Å². The van der Waals surface area contributed by atoms with E-state index in [2.05, 4.69) is 10.1 Å². The minimum absolute atomic E-state index is 0.0699. The summed E-state index contributed by atoms with van der Waals surface area (Å²) in [5, 5.41) is 6.07. The standard InChI is InChI=1S/C23H17N3O3S/c27-23(20-15-6-1-3-8-17(15)28-18-9-4-2-7-16(18)20)26-12-14(13-26)22-24-21(25-29-22)19-10-5-11-30-19/h1-11,14,20H,12-13H2. The molecule has 0 bridgehead atoms. The Hall–Kier alpha value is -3.45. The molecular weight excluding hydrogens is 398 g/mol. The Balaban J connectivity index is 1.24. The second-order valence-electron chi connectivity index (χ2n) is 7.48. The van der Waals surface area contributed by atoms with Crippen LogP contribution >= 0.6 is 11.3 Å². The van der Waals surface area contributed by atoms with Crippen molar-refractivity contribution in [2.75, 3.05) is 13.1 Å². The van der Waals surface area contributed by atoms with E-state index in [-0.39, 0.29) is 17.7 Å². The van der Waals surface area contributed by atoms with Gasteiger partial charge in [0, 0.05) is 24.2 Å². The largest absolute Gasteiger partial charge is 0.457 e. The highest BCUT2D eigenvalue weighted by atomic mass is 32.1. The third-order valence-corrected chi connectivity index (χ3v) is 6.52. The molecule has 6 nitrogen and oxygen atoms in total. The fourth-order valence-corrected chi connectivity index (χ4v) is 4.73. The molecule has 0 spiro atoms. The lowest BCUT2D eigenvalue weighted by molar-refractivity contribution is -0.136. The molecule has 1 fully saturated rings. The third-order valence-electron chi connectivity index (χ3n) is 5.65. The number of benzene rings is 2. The summed E-state index contributed by atoms with van der Waals surface area (Å²) in [6, 6.07) is 19.4. The maximum atomic E-state index is 13.5. The van der Waals surface area contributed by atoms with Crippen LogP contribution in [0.4, 0.5) is 0 Å². The lowest BCUT2D eigenvalue weighted by atomic mass is 9.85. The molecule has 1 amide bonds. The minimum atomic E-state index is -0.364. The van der Waals surface area contributed by atoms with Gasteiger partial charge in [-0.25, -0.2) is 0 Å². The number of aromatic nitrogens is 2. The van der Waals surface area contributed by atoms with Crippen molar-refractivity contribution in [3.05, 3.63) is 83.1 Å². The van der Waals surface area contributed by atoms with E-state index < -0.39 is 0 Å². The number of rotatable bonds is 3. The van der Waals surface area contributed by atoms with Gasteiger partial charge in [0.2, 0.25) is 17.6 Å². The van der Waals surface area contributed by atoms with E-state index in [0.29, 0.717) is 24.8 Å². The number of carbonyl (C=O) groups excluding carboxylic acids is 1. The van der Waals surface area contributed by atoms with Crippen molar-refractivity contribution in [2.45, 2.75) is 11.8 Å². The van der Waals surface area contributed by atoms with Crippen LogP contribution in [0.25, 0.3) is 10.7 Å². The Kier molecular flexibility index (Phi) is 3.95. The molecule has 2 aliphatic rings. The summed E-state index contributed by atoms with van der Waals surface area (Å²) < 4.78 is 11.5. The highest BCUT2D eigenvalue weighted by molar-refractivity contribution is 7.13. The predicted octanol–water partition coefficient (Wildman–Crippen LogP) is 4.66. The van der Waals surface area contributed by atoms with E-state index in [4.69, 9.17) is 9.26 Å². The van der Waals surface area contributed by atoms with Gasteiger partial charge in [-0.15, -0.1) is 11.3 Å². The molecule has 0 N–H and O–H groups in total. The molecule has 4 aromatic rings. The first-order chi connectivity index (χ1) is 14.8. The second kappa shape index (κ2) is 6.81. The normalized spacial score (nSPS) is 15.8. The number of hydrogen-bond donors (Lipinski definition) is 0. The van der Waals surface area contributed by atoms with Crippen molar-refractivity contribution in [3.63, 3.8) is 0 Å². The molecule has 7 heteroatoms. The molecule has 148 valence electrons. The van der Waals surface area contributed by atoms with Gasteiger partial charge in [0.05, 0.1) is 16.7 Å². The predicted molar refractivity (Wildman–Crippen MR) is 112 cm³/mol. The van der Waals surface area contributed by atoms with Crippen LogP contribution in [0.5, 0.6) is 11.5 Å². The number of ether oxygens (including phenoxy) is 1. The molecule has 2 aromatic carbocycles. The summed E-state index contributed by atoms with van der Waals surface area (Å²) in [4.78, 5) is 20.9. The number of amides is 1. The van der Waals surface area contributed by atoms with Gasteiger partial charge in [-0.1, -0.05) is 47.6 Å². The van der Waals surface area contributed by atoms with Gasteiger partial charge in [0.1, 0.15) is 11.5 Å². The quantitative estimate of drug-likeness (QED) is 0.487. The fraction of sp³-hybridized carbons (Fsp3) is 0.174. The Labute approximate surface area is 176 Å². The van der Waals surface area contributed by atoms with Crippen molar-refractivity contribution in [1.29, 1.82) is 0 Å². The maximum absolute atomic E-state index is 13.5. The van der Waals surface area contributed by atoms with Gasteiger partial charge in [-0.05, 0) is 23.6 Å². The smallest absolute Gasteiger partial charge is 0.234 e. The van der Waals surface area contributed by atoms with Crippen LogP contribution in [0, 0.1) is 0 Å². The summed E-state index contributed by atoms with van der Waals surface area (Å²) in [7, 11) is 0. The molecule has 2 aromatic heterocycles. The van der Waals surface area contributed by atoms with Crippen LogP contribution < -0.4 is 4.74 Å². The zero-order chi connectivity index (χ0) is 20.1. The first-order valence-corrected chi connectivity index (χ1v) is 10.7. The SMILES string of the molecule is O=C(C1c2ccccc2Oc2ccccc21)N1CC(c2nc(-c3cccs3)no2)C1. The number of nitrogens with zero attached hydrogens (tertiary/aromatic N) is 3. The van der Waals surface area contributed by atoms with Gasteiger partial charge < -0.3 is 14.2 Å². The van der Waals surface area contributed by atoms with E-state index in [9.17, 15) is 4.79 Å². The minimum Gasteiger partial charge on any atom is -0.457 e. The number of para-hydroxylation sites is 2. The summed E-state index contributed by atoms with van der Waals surface area (Å²) >= 11 is 1.58. The van der Waals surface area contributed by atoms with Gasteiger partial charge in [0.25, 0.3) is 0 Å². The summed E-state index contributed by atoms with van der Waals surface area (Å²) in [5.74, 6) is 2.46. The van der Waals surface area contributed by atoms with E-state index in [1.165, 1.54) is 0 Å². The molecule has 2 aliphatic heterocycles. The Morgan fingerprint density at radius 3 is 2.33 bits per heavy atom. The Morgan fingerprint density at radius 2 is 1.67 bits per heavy atom. The lowest BCUT2D eigenvalue weighted by Crippen LogP contribution is -2.50. The Morgan fingerprint density at radius 1 is 0.967 bits per heavy atom. The summed E-state index contributed by atoms with van der Waals surface area (Å²) in [6.07, 6.45) is 0. The number of fused-ring (bicyclic) bond motifs is 2. The number of hydrogen-bond acceptors (Lipinski definition) is 6. The average molecular weight is 415 g/mol. The van der Waals surface area contributed by atoms with Gasteiger partial charge in [0.15, 0.2) is 0 Å². The number of carbonyl (C=O) groups is 1. The van der Waals surface area contributed by atoms with Crippen molar-refractivity contribution >= 4 is 17.2 Å². The van der Waals surface area contributed by atoms with Crippen molar-refractivity contribution in [2.24, 2.45) is 0 Å². The van der Waals surface area contributed by atoms with Crippen LogP contribution in [-0.4, -0.2) is 34.0 Å². The van der Waals surface area contributed by atoms with Gasteiger partial charge in [-0.3, -0.25) is 4.79 Å². The van der Waals surface area contributed by atoms with Crippen LogP contribution in [0.1, 0.15) is 28.9 Å². The zero-order valence-electron chi connectivity index (χ0n) is 15.9. The Bertz CT molecular complexity index is 1180. The number of likely N-dealkylation sites (tertiary alicyclic amines) is 1. The molecule has 1 saturated heterocycles. The molecule has 0 aliphatic carbocycles. The highest BCUT2D eigenvalue weighted by Crippen LogP contribution is 2.45. The van der Waals surface area contributed by atoms with Crippen LogP contribution in [0.15, 0.2) is 70.6 Å². The molecule has 0 atom stereocenters. The first-order valence-electron chi connectivity index (χ1n) is 9.80. The van der Waals surface area contributed by atoms with Crippen molar-refractivity contribution in [3.8, 4) is 22.2 Å². The molecule has 30 heavy (non-hydrogen) atoms. The summed E-state index contributed by atoms with van der Waals surface area (Å²) in [6.45, 7) is 1.15. The van der Waals surface area contributed by atoms with Gasteiger partial charge in [-0.2, -0.15) is 4.98 Å². The average Bonchev–Trinajstić information content (AvgIpc) is 3.43. The number of thiophene rings is 1. The topological polar surface area (TPSA) is 68.5 Å². The highest BCUT2D eigenvalue weighted by Gasteiger charge is 2.41. The molecule has 0 unspecified atom stereocenters. The van der Waals surface area contributed by atoms with E-state index in [1.807, 2.05) is 70.9 Å². The third kappa shape index (κ3) is 2.74. The molecule has 6 rings (SSSR count). The summed E-state index contributed by atoms with van der Waals surface area (Å²) in [5.41, 5.74) is 1.81. The van der Waals surface area contributed by atoms with E-state index in [0.717, 1.165) is 27.5 Å². The second-order valence-corrected chi connectivity index (χ2v) is 8.43. The molecular formula is C23H17N3O3S. The molecule has 0 radical (unpaired) electrons. The maximum Gasteiger partial charge on any atom is 0.234 e. The fourth-order valence-electron chi connectivity index (χ4n) is 4.08. The van der Waals surface area contributed by atoms with Gasteiger partial charge >= 0.3 is 0 Å². The van der Waals surface area contributed by atoms with Crippen LogP contribution in [0.3, 0.4) is 0 Å². The van der Waals surface area contributed by atoms with E-state index in [1.54, 1.807) is 11.3 Å². The van der Waals surface area contributed by atoms with Crippen molar-refractivity contribution < 1.29 is 14.1 Å². The zero-order valence-corrected chi connectivity index (χ0v) is 16.7. The van der Waals surface area contributed by atoms with Crippen LogP contribution in [-0.2, 0) is 4.79 Å². The molecule has 4 heterocycles. The first kappa shape index (κ1) is 17.4. The monoisotopic (exact) mass is 415 g/mol. The van der Waals surface area contributed by atoms with Crippen LogP contribution in [0.2, 0.25) is 0 Å². The van der Waals surface area contributed by atoms with Crippen molar-refractivity contribution in [1.82, 2.24) is 15.0 Å². The lowest BCUT2D eigenvalue weighted by Gasteiger charge is -2.40. The molecule has 0 saturated carbocycles.